The predicted octanol–water partition coefficient (Wildman–Crippen LogP) is 2.49. The van der Waals surface area contributed by atoms with E-state index in [1.54, 1.807) is 0 Å². The Bertz CT molecular complexity index is 179. The molecule has 15 heavy (non-hydrogen) atoms. The summed E-state index contributed by atoms with van der Waals surface area (Å²) in [5.74, 6) is 1.01. The zero-order valence-corrected chi connectivity index (χ0v) is 11.1. The second-order valence-electron chi connectivity index (χ2n) is 6.20. The van der Waals surface area contributed by atoms with Gasteiger partial charge in [0.25, 0.3) is 0 Å². The molecule has 1 N–H and O–H groups in total. The van der Waals surface area contributed by atoms with Gasteiger partial charge in [-0.2, -0.15) is 0 Å². The van der Waals surface area contributed by atoms with E-state index in [1.807, 2.05) is 0 Å². The standard InChI is InChI=1S/C13H28N2/c1-11(8-9-14-13(2,3)4)15(5)10-12-6-7-12/h11-12,14H,6-10H2,1-5H3. The van der Waals surface area contributed by atoms with Crippen LogP contribution in [0.5, 0.6) is 0 Å². The van der Waals surface area contributed by atoms with Gasteiger partial charge < -0.3 is 10.2 Å². The average molecular weight is 212 g/mol. The zero-order valence-electron chi connectivity index (χ0n) is 11.1. The summed E-state index contributed by atoms with van der Waals surface area (Å²) in [6.45, 7) is 11.5. The van der Waals surface area contributed by atoms with Gasteiger partial charge in [-0.1, -0.05) is 0 Å². The second-order valence-corrected chi connectivity index (χ2v) is 6.20. The molecule has 1 atom stereocenters. The minimum absolute atomic E-state index is 0.259. The summed E-state index contributed by atoms with van der Waals surface area (Å²) in [5.41, 5.74) is 0.259. The van der Waals surface area contributed by atoms with Crippen LogP contribution in [0.3, 0.4) is 0 Å². The van der Waals surface area contributed by atoms with Crippen LogP contribution in [0.1, 0.15) is 47.0 Å². The summed E-state index contributed by atoms with van der Waals surface area (Å²) in [6, 6.07) is 0.709. The minimum atomic E-state index is 0.259. The highest BCUT2D eigenvalue weighted by Gasteiger charge is 2.24. The van der Waals surface area contributed by atoms with Crippen LogP contribution in [0.2, 0.25) is 0 Å². The maximum Gasteiger partial charge on any atom is 0.00965 e. The molecule has 0 bridgehead atoms. The van der Waals surface area contributed by atoms with Crippen LogP contribution in [0.25, 0.3) is 0 Å². The number of nitrogens with one attached hydrogen (secondary N) is 1. The summed E-state index contributed by atoms with van der Waals surface area (Å²) >= 11 is 0. The van der Waals surface area contributed by atoms with Gasteiger partial charge in [0.2, 0.25) is 0 Å². The smallest absolute Gasteiger partial charge is 0.00965 e. The molecule has 1 rings (SSSR count). The molecular weight excluding hydrogens is 184 g/mol. The average Bonchev–Trinajstić information content (AvgIpc) is 2.85. The summed E-state index contributed by atoms with van der Waals surface area (Å²) in [5, 5.41) is 3.55. The molecule has 1 aliphatic carbocycles. The Morgan fingerprint density at radius 1 is 1.33 bits per heavy atom. The van der Waals surface area contributed by atoms with Crippen molar-refractivity contribution in [2.75, 3.05) is 20.1 Å². The Kier molecular flexibility index (Phi) is 4.60. The predicted molar refractivity (Wildman–Crippen MR) is 67.2 cm³/mol. The molecule has 90 valence electrons. The Labute approximate surface area is 95.4 Å². The third-order valence-electron chi connectivity index (χ3n) is 3.21. The Morgan fingerprint density at radius 2 is 1.93 bits per heavy atom. The molecule has 0 aliphatic heterocycles. The second kappa shape index (κ2) is 5.31. The normalized spacial score (nSPS) is 19.6. The fourth-order valence-corrected chi connectivity index (χ4v) is 1.76. The maximum absolute atomic E-state index is 3.55. The van der Waals surface area contributed by atoms with Crippen molar-refractivity contribution in [3.63, 3.8) is 0 Å². The first-order valence-electron chi connectivity index (χ1n) is 6.34. The molecule has 0 aromatic rings. The van der Waals surface area contributed by atoms with Crippen molar-refractivity contribution in [1.29, 1.82) is 0 Å². The number of nitrogens with zero attached hydrogens (tertiary/aromatic N) is 1. The third-order valence-corrected chi connectivity index (χ3v) is 3.21. The maximum atomic E-state index is 3.55. The van der Waals surface area contributed by atoms with Crippen molar-refractivity contribution in [2.24, 2.45) is 5.92 Å². The van der Waals surface area contributed by atoms with E-state index in [0.29, 0.717) is 6.04 Å². The van der Waals surface area contributed by atoms with Crippen molar-refractivity contribution in [3.05, 3.63) is 0 Å². The fourth-order valence-electron chi connectivity index (χ4n) is 1.76. The first-order chi connectivity index (χ1) is 6.88. The van der Waals surface area contributed by atoms with E-state index in [4.69, 9.17) is 0 Å². The fraction of sp³-hybridized carbons (Fsp3) is 1.00. The van der Waals surface area contributed by atoms with Gasteiger partial charge in [-0.3, -0.25) is 0 Å². The quantitative estimate of drug-likeness (QED) is 0.728. The largest absolute Gasteiger partial charge is 0.312 e. The van der Waals surface area contributed by atoms with E-state index < -0.39 is 0 Å². The summed E-state index contributed by atoms with van der Waals surface area (Å²) in [7, 11) is 2.26. The molecule has 0 aromatic heterocycles. The first kappa shape index (κ1) is 13.0. The van der Waals surface area contributed by atoms with Crippen molar-refractivity contribution < 1.29 is 0 Å². The van der Waals surface area contributed by atoms with E-state index in [9.17, 15) is 0 Å². The molecule has 0 amide bonds. The highest BCUT2D eigenvalue weighted by molar-refractivity contribution is 4.79. The van der Waals surface area contributed by atoms with Crippen LogP contribution in [-0.2, 0) is 0 Å². The topological polar surface area (TPSA) is 15.3 Å². The van der Waals surface area contributed by atoms with Gasteiger partial charge in [0.1, 0.15) is 0 Å². The van der Waals surface area contributed by atoms with Crippen LogP contribution >= 0.6 is 0 Å². The highest BCUT2D eigenvalue weighted by atomic mass is 15.1. The SMILES string of the molecule is CC(CCNC(C)(C)C)N(C)CC1CC1. The van der Waals surface area contributed by atoms with Gasteiger partial charge in [0.15, 0.2) is 0 Å². The molecule has 1 aliphatic rings. The summed E-state index contributed by atoms with van der Waals surface area (Å²) in [6.07, 6.45) is 4.16. The molecule has 0 spiro atoms. The minimum Gasteiger partial charge on any atom is -0.312 e. The zero-order chi connectivity index (χ0) is 11.5. The van der Waals surface area contributed by atoms with Crippen molar-refractivity contribution in [2.45, 2.75) is 58.5 Å². The van der Waals surface area contributed by atoms with E-state index in [-0.39, 0.29) is 5.54 Å². The molecule has 0 aromatic carbocycles. The molecule has 0 heterocycles. The molecule has 2 heteroatoms. The third kappa shape index (κ3) is 6.16. The van der Waals surface area contributed by atoms with Crippen molar-refractivity contribution >= 4 is 0 Å². The first-order valence-corrected chi connectivity index (χ1v) is 6.34. The molecule has 0 radical (unpaired) electrons. The lowest BCUT2D eigenvalue weighted by atomic mass is 10.1. The number of rotatable bonds is 6. The van der Waals surface area contributed by atoms with Crippen LogP contribution in [-0.4, -0.2) is 36.6 Å². The van der Waals surface area contributed by atoms with Gasteiger partial charge in [-0.05, 0) is 66.5 Å². The summed E-state index contributed by atoms with van der Waals surface area (Å²) < 4.78 is 0. The molecule has 1 saturated carbocycles. The van der Waals surface area contributed by atoms with Crippen LogP contribution in [0.4, 0.5) is 0 Å². The van der Waals surface area contributed by atoms with Gasteiger partial charge in [0.05, 0.1) is 0 Å². The van der Waals surface area contributed by atoms with E-state index >= 15 is 0 Å². The summed E-state index contributed by atoms with van der Waals surface area (Å²) in [4.78, 5) is 2.52. The van der Waals surface area contributed by atoms with Gasteiger partial charge in [-0.25, -0.2) is 0 Å². The Balaban J connectivity index is 2.08. The van der Waals surface area contributed by atoms with Gasteiger partial charge in [0, 0.05) is 18.1 Å². The van der Waals surface area contributed by atoms with E-state index in [0.717, 1.165) is 12.5 Å². The van der Waals surface area contributed by atoms with Crippen molar-refractivity contribution in [3.8, 4) is 0 Å². The lowest BCUT2D eigenvalue weighted by Gasteiger charge is -2.27. The van der Waals surface area contributed by atoms with Crippen molar-refractivity contribution in [1.82, 2.24) is 10.2 Å². The monoisotopic (exact) mass is 212 g/mol. The Hall–Kier alpha value is -0.0800. The van der Waals surface area contributed by atoms with Crippen LogP contribution in [0, 0.1) is 5.92 Å². The van der Waals surface area contributed by atoms with Gasteiger partial charge >= 0.3 is 0 Å². The van der Waals surface area contributed by atoms with E-state index in [2.05, 4.69) is 45.0 Å². The molecule has 1 unspecified atom stereocenters. The Morgan fingerprint density at radius 3 is 2.40 bits per heavy atom. The number of hydrogen-bond acceptors (Lipinski definition) is 2. The molecule has 1 fully saturated rings. The van der Waals surface area contributed by atoms with Crippen LogP contribution in [0.15, 0.2) is 0 Å². The molecular formula is C13H28N2. The van der Waals surface area contributed by atoms with E-state index in [1.165, 1.54) is 25.8 Å². The lowest BCUT2D eigenvalue weighted by molar-refractivity contribution is 0.230. The highest BCUT2D eigenvalue weighted by Crippen LogP contribution is 2.29. The molecule has 0 saturated heterocycles. The molecule has 2 nitrogen and oxygen atoms in total. The number of hydrogen-bond donors (Lipinski definition) is 1. The van der Waals surface area contributed by atoms with Crippen LogP contribution < -0.4 is 5.32 Å². The lowest BCUT2D eigenvalue weighted by Crippen LogP contribution is -2.40. The van der Waals surface area contributed by atoms with Gasteiger partial charge in [-0.15, -0.1) is 0 Å².